The molecule has 0 saturated carbocycles. The van der Waals surface area contributed by atoms with E-state index in [9.17, 15) is 9.18 Å². The molecule has 0 aliphatic rings. The molecule has 5 nitrogen and oxygen atoms in total. The Morgan fingerprint density at radius 3 is 2.82 bits per heavy atom. The fourth-order valence-corrected chi connectivity index (χ4v) is 3.60. The number of fused-ring (bicyclic) bond motifs is 1. The van der Waals surface area contributed by atoms with Gasteiger partial charge in [-0.05, 0) is 60.1 Å². The molecule has 9 heteroatoms. The maximum atomic E-state index is 13.2. The fraction of sp³-hybridized carbons (Fsp3) is 0. The number of thiocarbonyl (C=S) groups is 1. The van der Waals surface area contributed by atoms with Crippen molar-refractivity contribution >= 4 is 63.0 Å². The number of carbonyl (C=O) groups is 1. The van der Waals surface area contributed by atoms with E-state index in [1.807, 2.05) is 5.38 Å². The van der Waals surface area contributed by atoms with Gasteiger partial charge in [-0.1, -0.05) is 17.7 Å². The summed E-state index contributed by atoms with van der Waals surface area (Å²) in [5.41, 5.74) is 2.23. The highest BCUT2D eigenvalue weighted by atomic mass is 35.5. The number of anilines is 1. The Hall–Kier alpha value is -2.81. The predicted octanol–water partition coefficient (Wildman–Crippen LogP) is 5.48. The van der Waals surface area contributed by atoms with Gasteiger partial charge in [0.1, 0.15) is 11.3 Å². The summed E-state index contributed by atoms with van der Waals surface area (Å²) >= 11 is 12.6. The lowest BCUT2D eigenvalue weighted by Gasteiger charge is -2.08. The normalized spacial score (nSPS) is 10.8. The fourth-order valence-electron chi connectivity index (χ4n) is 2.52. The van der Waals surface area contributed by atoms with Gasteiger partial charge < -0.3 is 9.73 Å². The number of hydrogen-bond acceptors (Lipinski definition) is 5. The Morgan fingerprint density at radius 1 is 1.21 bits per heavy atom. The Kier molecular flexibility index (Phi) is 5.08. The number of benzene rings is 2. The van der Waals surface area contributed by atoms with E-state index in [0.29, 0.717) is 27.2 Å². The molecule has 0 aliphatic carbocycles. The zero-order valence-electron chi connectivity index (χ0n) is 14.0. The lowest BCUT2D eigenvalue weighted by molar-refractivity contribution is 0.0981. The minimum Gasteiger partial charge on any atom is -0.436 e. The van der Waals surface area contributed by atoms with Crippen LogP contribution in [0.15, 0.2) is 58.3 Å². The van der Waals surface area contributed by atoms with Crippen molar-refractivity contribution in [1.29, 1.82) is 0 Å². The average molecular weight is 432 g/mol. The number of thiophene rings is 1. The van der Waals surface area contributed by atoms with Gasteiger partial charge in [0.2, 0.25) is 5.89 Å². The molecule has 4 aromatic rings. The third kappa shape index (κ3) is 3.89. The molecule has 28 heavy (non-hydrogen) atoms. The summed E-state index contributed by atoms with van der Waals surface area (Å²) in [5.74, 6) is -0.427. The Labute approximate surface area is 173 Å². The van der Waals surface area contributed by atoms with Crippen LogP contribution in [-0.4, -0.2) is 16.0 Å². The second kappa shape index (κ2) is 7.67. The highest BCUT2D eigenvalue weighted by Crippen LogP contribution is 2.31. The van der Waals surface area contributed by atoms with Crippen LogP contribution in [0.25, 0.3) is 22.6 Å². The first-order valence-electron chi connectivity index (χ1n) is 8.01. The van der Waals surface area contributed by atoms with E-state index in [4.69, 9.17) is 28.2 Å². The molecule has 0 fully saturated rings. The zero-order valence-corrected chi connectivity index (χ0v) is 16.4. The highest BCUT2D eigenvalue weighted by Gasteiger charge is 2.14. The van der Waals surface area contributed by atoms with Crippen LogP contribution >= 0.6 is 35.2 Å². The lowest BCUT2D eigenvalue weighted by atomic mass is 10.2. The van der Waals surface area contributed by atoms with E-state index < -0.39 is 5.82 Å². The zero-order chi connectivity index (χ0) is 19.7. The molecule has 2 heterocycles. The third-order valence-corrected chi connectivity index (χ3v) is 5.16. The molecule has 0 atom stereocenters. The van der Waals surface area contributed by atoms with Gasteiger partial charge in [-0.15, -0.1) is 11.3 Å². The van der Waals surface area contributed by atoms with Gasteiger partial charge in [0.15, 0.2) is 10.7 Å². The van der Waals surface area contributed by atoms with Crippen LogP contribution in [0.3, 0.4) is 0 Å². The number of nitrogens with zero attached hydrogens (tertiary/aromatic N) is 1. The number of nitrogens with one attached hydrogen (secondary N) is 2. The first kappa shape index (κ1) is 18.5. The minimum absolute atomic E-state index is 0.169. The highest BCUT2D eigenvalue weighted by molar-refractivity contribution is 7.80. The van der Waals surface area contributed by atoms with Crippen LogP contribution in [0, 0.1) is 5.82 Å². The average Bonchev–Trinajstić information content (AvgIpc) is 3.31. The summed E-state index contributed by atoms with van der Waals surface area (Å²) < 4.78 is 18.9. The van der Waals surface area contributed by atoms with Crippen molar-refractivity contribution in [3.05, 3.63) is 69.6 Å². The number of halogens is 2. The smallest absolute Gasteiger partial charge is 0.267 e. The van der Waals surface area contributed by atoms with E-state index in [-0.39, 0.29) is 21.9 Å². The van der Waals surface area contributed by atoms with Crippen LogP contribution in [-0.2, 0) is 0 Å². The number of hydrogen-bond donors (Lipinski definition) is 2. The second-order valence-corrected chi connectivity index (χ2v) is 7.47. The van der Waals surface area contributed by atoms with Crippen LogP contribution in [0.5, 0.6) is 0 Å². The van der Waals surface area contributed by atoms with Crippen molar-refractivity contribution < 1.29 is 13.6 Å². The van der Waals surface area contributed by atoms with Crippen molar-refractivity contribution in [2.45, 2.75) is 0 Å². The topological polar surface area (TPSA) is 67.2 Å². The predicted molar refractivity (Wildman–Crippen MR) is 112 cm³/mol. The molecule has 0 radical (unpaired) electrons. The number of amides is 1. The van der Waals surface area contributed by atoms with Crippen LogP contribution in [0.1, 0.15) is 9.67 Å². The lowest BCUT2D eigenvalue weighted by Crippen LogP contribution is -2.33. The van der Waals surface area contributed by atoms with Gasteiger partial charge in [0.05, 0.1) is 15.5 Å². The number of oxazole rings is 1. The minimum atomic E-state index is -0.436. The molecule has 2 N–H and O–H groups in total. The van der Waals surface area contributed by atoms with Gasteiger partial charge in [0.25, 0.3) is 5.91 Å². The quantitative estimate of drug-likeness (QED) is 0.421. The molecule has 0 aliphatic heterocycles. The van der Waals surface area contributed by atoms with Gasteiger partial charge >= 0.3 is 0 Å². The number of aromatic nitrogens is 1. The van der Waals surface area contributed by atoms with Crippen molar-refractivity contribution in [1.82, 2.24) is 10.3 Å². The van der Waals surface area contributed by atoms with Gasteiger partial charge in [-0.3, -0.25) is 10.1 Å². The number of rotatable bonds is 3. The molecule has 2 aromatic carbocycles. The first-order chi connectivity index (χ1) is 13.5. The largest absolute Gasteiger partial charge is 0.436 e. The number of carbonyl (C=O) groups excluding carboxylic acids is 1. The maximum absolute atomic E-state index is 13.2. The molecule has 0 spiro atoms. The maximum Gasteiger partial charge on any atom is 0.267 e. The Morgan fingerprint density at radius 2 is 2.07 bits per heavy atom. The molecule has 0 unspecified atom stereocenters. The van der Waals surface area contributed by atoms with Crippen molar-refractivity contribution in [3.63, 3.8) is 0 Å². The van der Waals surface area contributed by atoms with Crippen molar-refractivity contribution in [3.8, 4) is 11.5 Å². The summed E-state index contributed by atoms with van der Waals surface area (Å²) in [6.45, 7) is 0. The van der Waals surface area contributed by atoms with E-state index in [1.54, 1.807) is 30.3 Å². The van der Waals surface area contributed by atoms with Crippen molar-refractivity contribution in [2.75, 3.05) is 5.32 Å². The summed E-state index contributed by atoms with van der Waals surface area (Å²) in [6, 6.07) is 12.7. The third-order valence-electron chi connectivity index (χ3n) is 3.78. The van der Waals surface area contributed by atoms with E-state index in [2.05, 4.69) is 15.6 Å². The Bertz CT molecular complexity index is 1190. The van der Waals surface area contributed by atoms with E-state index in [0.717, 1.165) is 0 Å². The molecular formula is C19H11ClFN3O2S2. The first-order valence-corrected chi connectivity index (χ1v) is 9.68. The molecule has 140 valence electrons. The SMILES string of the molecule is O=C(NC(=S)Nc1ccc2oc(-c3ccc(F)cc3Cl)nc2c1)c1cccs1. The van der Waals surface area contributed by atoms with E-state index >= 15 is 0 Å². The summed E-state index contributed by atoms with van der Waals surface area (Å²) in [7, 11) is 0. The van der Waals surface area contributed by atoms with Crippen LogP contribution in [0.2, 0.25) is 5.02 Å². The summed E-state index contributed by atoms with van der Waals surface area (Å²) in [6.07, 6.45) is 0. The van der Waals surface area contributed by atoms with Crippen molar-refractivity contribution in [2.24, 2.45) is 0 Å². The second-order valence-electron chi connectivity index (χ2n) is 5.71. The van der Waals surface area contributed by atoms with Gasteiger partial charge in [-0.25, -0.2) is 9.37 Å². The van der Waals surface area contributed by atoms with Crippen LogP contribution in [0.4, 0.5) is 10.1 Å². The standard InChI is InChI=1S/C19H11ClFN3O2S2/c20-13-8-10(21)3-5-12(13)18-23-14-9-11(4-6-15(14)26-18)22-19(27)24-17(25)16-2-1-7-28-16/h1-9H,(H2,22,24,25,27). The van der Waals surface area contributed by atoms with E-state index in [1.165, 1.54) is 29.5 Å². The molecule has 2 aromatic heterocycles. The molecule has 0 bridgehead atoms. The monoisotopic (exact) mass is 431 g/mol. The van der Waals surface area contributed by atoms with Gasteiger partial charge in [-0.2, -0.15) is 0 Å². The Balaban J connectivity index is 1.53. The van der Waals surface area contributed by atoms with Crippen LogP contribution < -0.4 is 10.6 Å². The summed E-state index contributed by atoms with van der Waals surface area (Å²) in [5, 5.41) is 7.75. The van der Waals surface area contributed by atoms with Gasteiger partial charge in [0, 0.05) is 5.69 Å². The molecule has 1 amide bonds. The molecule has 0 saturated heterocycles. The summed E-state index contributed by atoms with van der Waals surface area (Å²) in [4.78, 5) is 17.0. The molecule has 4 rings (SSSR count). The molecular weight excluding hydrogens is 421 g/mol.